The highest BCUT2D eigenvalue weighted by Gasteiger charge is 2.45. The molecule has 0 N–H and O–H groups in total. The maximum Gasteiger partial charge on any atom is 0.416 e. The van der Waals surface area contributed by atoms with Gasteiger partial charge in [0.2, 0.25) is 0 Å². The second-order valence-corrected chi connectivity index (χ2v) is 4.68. The van der Waals surface area contributed by atoms with Gasteiger partial charge in [-0.25, -0.2) is 0 Å². The van der Waals surface area contributed by atoms with Crippen LogP contribution in [0.15, 0.2) is 24.3 Å². The van der Waals surface area contributed by atoms with Gasteiger partial charge in [-0.1, -0.05) is 19.1 Å². The van der Waals surface area contributed by atoms with Gasteiger partial charge in [0.05, 0.1) is 24.0 Å². The van der Waals surface area contributed by atoms with E-state index in [4.69, 9.17) is 0 Å². The maximum absolute atomic E-state index is 12.9. The molecular weight excluding hydrogens is 314 g/mol. The summed E-state index contributed by atoms with van der Waals surface area (Å²) in [6, 6.07) is 3.02. The van der Waals surface area contributed by atoms with Crippen LogP contribution in [-0.4, -0.2) is 18.8 Å². The Bertz CT molecular complexity index is 504. The zero-order valence-electron chi connectivity index (χ0n) is 11.8. The van der Waals surface area contributed by atoms with Gasteiger partial charge in [-0.3, -0.25) is 4.79 Å². The van der Waals surface area contributed by atoms with Crippen molar-refractivity contribution in [1.29, 1.82) is 0 Å². The van der Waals surface area contributed by atoms with Crippen molar-refractivity contribution in [2.24, 2.45) is 5.92 Å². The molecule has 0 unspecified atom stereocenters. The van der Waals surface area contributed by atoms with Crippen molar-refractivity contribution in [3.05, 3.63) is 35.4 Å². The van der Waals surface area contributed by atoms with Crippen molar-refractivity contribution >= 4 is 5.97 Å². The molecule has 0 saturated heterocycles. The molecule has 0 aromatic heterocycles. The molecule has 1 aromatic carbocycles. The summed E-state index contributed by atoms with van der Waals surface area (Å²) in [5.74, 6) is -4.90. The Balaban J connectivity index is 3.19. The van der Waals surface area contributed by atoms with Crippen molar-refractivity contribution in [2.75, 3.05) is 6.61 Å². The molecule has 0 aliphatic rings. The third-order valence-electron chi connectivity index (χ3n) is 3.15. The highest BCUT2D eigenvalue weighted by atomic mass is 19.4. The van der Waals surface area contributed by atoms with Gasteiger partial charge in [-0.15, -0.1) is 0 Å². The molecule has 0 saturated carbocycles. The normalized spacial score (nSPS) is 15.3. The van der Waals surface area contributed by atoms with E-state index in [1.165, 1.54) is 6.92 Å². The SMILES string of the molecule is CCOC(=O)[C@H](c1ccc(C(F)(F)F)cc1)[C@@H](C)C(F)(F)F. The Morgan fingerprint density at radius 1 is 1.09 bits per heavy atom. The highest BCUT2D eigenvalue weighted by Crippen LogP contribution is 2.39. The molecule has 22 heavy (non-hydrogen) atoms. The lowest BCUT2D eigenvalue weighted by molar-refractivity contribution is -0.185. The smallest absolute Gasteiger partial charge is 0.416 e. The third-order valence-corrected chi connectivity index (χ3v) is 3.15. The van der Waals surface area contributed by atoms with E-state index in [2.05, 4.69) is 4.74 Å². The van der Waals surface area contributed by atoms with Gasteiger partial charge in [0.25, 0.3) is 0 Å². The van der Waals surface area contributed by atoms with Crippen molar-refractivity contribution in [3.8, 4) is 0 Å². The van der Waals surface area contributed by atoms with Crippen molar-refractivity contribution < 1.29 is 35.9 Å². The largest absolute Gasteiger partial charge is 0.466 e. The lowest BCUT2D eigenvalue weighted by Crippen LogP contribution is -2.32. The zero-order valence-corrected chi connectivity index (χ0v) is 11.8. The molecule has 0 bridgehead atoms. The summed E-state index contributed by atoms with van der Waals surface area (Å²) < 4.78 is 80.6. The van der Waals surface area contributed by atoms with Crippen LogP contribution in [0.2, 0.25) is 0 Å². The molecule has 0 radical (unpaired) electrons. The molecule has 2 nitrogen and oxygen atoms in total. The first-order chi connectivity index (χ1) is 9.98. The molecule has 0 amide bonds. The first-order valence-electron chi connectivity index (χ1n) is 6.39. The van der Waals surface area contributed by atoms with Crippen LogP contribution in [0.1, 0.15) is 30.9 Å². The van der Waals surface area contributed by atoms with Crippen LogP contribution in [0.5, 0.6) is 0 Å². The molecule has 0 aliphatic carbocycles. The minimum absolute atomic E-state index is 0.124. The van der Waals surface area contributed by atoms with E-state index in [9.17, 15) is 31.1 Å². The van der Waals surface area contributed by atoms with Crippen LogP contribution in [0.4, 0.5) is 26.3 Å². The van der Waals surface area contributed by atoms with E-state index in [1.54, 1.807) is 0 Å². The van der Waals surface area contributed by atoms with Crippen LogP contribution >= 0.6 is 0 Å². The Kier molecular flexibility index (Phi) is 5.48. The minimum Gasteiger partial charge on any atom is -0.466 e. The molecule has 1 aromatic rings. The Morgan fingerprint density at radius 3 is 1.95 bits per heavy atom. The summed E-state index contributed by atoms with van der Waals surface area (Å²) in [6.07, 6.45) is -9.28. The molecule has 2 atom stereocenters. The molecule has 0 aliphatic heterocycles. The fraction of sp³-hybridized carbons (Fsp3) is 0.500. The number of hydrogen-bond acceptors (Lipinski definition) is 2. The first-order valence-corrected chi connectivity index (χ1v) is 6.39. The van der Waals surface area contributed by atoms with Crippen LogP contribution in [0.25, 0.3) is 0 Å². The quantitative estimate of drug-likeness (QED) is 0.599. The summed E-state index contributed by atoms with van der Waals surface area (Å²) in [5.41, 5.74) is -1.17. The number of esters is 1. The van der Waals surface area contributed by atoms with Gasteiger partial charge in [-0.05, 0) is 24.6 Å². The number of benzene rings is 1. The van der Waals surface area contributed by atoms with Gasteiger partial charge in [0, 0.05) is 0 Å². The Hall–Kier alpha value is -1.73. The number of alkyl halides is 6. The van der Waals surface area contributed by atoms with Gasteiger partial charge in [0.15, 0.2) is 0 Å². The average molecular weight is 328 g/mol. The monoisotopic (exact) mass is 328 g/mol. The molecule has 0 spiro atoms. The highest BCUT2D eigenvalue weighted by molar-refractivity contribution is 5.78. The summed E-state index contributed by atoms with van der Waals surface area (Å²) in [7, 11) is 0. The number of carbonyl (C=O) groups is 1. The first kappa shape index (κ1) is 18.3. The molecule has 8 heteroatoms. The fourth-order valence-corrected chi connectivity index (χ4v) is 1.93. The summed E-state index contributed by atoms with van der Waals surface area (Å²) in [6.45, 7) is 2.10. The third kappa shape index (κ3) is 4.38. The van der Waals surface area contributed by atoms with E-state index < -0.39 is 35.7 Å². The van der Waals surface area contributed by atoms with Crippen molar-refractivity contribution in [1.82, 2.24) is 0 Å². The molecular formula is C14H14F6O2. The lowest BCUT2D eigenvalue weighted by atomic mass is 9.86. The second-order valence-electron chi connectivity index (χ2n) is 4.68. The molecule has 0 fully saturated rings. The number of hydrogen-bond donors (Lipinski definition) is 0. The van der Waals surface area contributed by atoms with Crippen molar-refractivity contribution in [2.45, 2.75) is 32.1 Å². The Morgan fingerprint density at radius 2 is 1.59 bits per heavy atom. The van der Waals surface area contributed by atoms with Gasteiger partial charge >= 0.3 is 18.3 Å². The number of halogens is 6. The minimum atomic E-state index is -4.68. The number of rotatable bonds is 4. The second kappa shape index (κ2) is 6.58. The number of carbonyl (C=O) groups excluding carboxylic acids is 1. The summed E-state index contributed by atoms with van der Waals surface area (Å²) in [5, 5.41) is 0. The van der Waals surface area contributed by atoms with E-state index >= 15 is 0 Å². The van der Waals surface area contributed by atoms with Gasteiger partial charge < -0.3 is 4.74 Å². The van der Waals surface area contributed by atoms with Gasteiger partial charge in [0.1, 0.15) is 0 Å². The summed E-state index contributed by atoms with van der Waals surface area (Å²) >= 11 is 0. The topological polar surface area (TPSA) is 26.3 Å². The maximum atomic E-state index is 12.9. The molecule has 0 heterocycles. The predicted molar refractivity (Wildman–Crippen MR) is 66.0 cm³/mol. The van der Waals surface area contributed by atoms with Crippen LogP contribution in [0, 0.1) is 5.92 Å². The standard InChI is InChI=1S/C14H14F6O2/c1-3-22-12(21)11(8(2)13(15,16)17)9-4-6-10(7-5-9)14(18,19)20/h4-8,11H,3H2,1-2H3/t8-,11+/m1/s1. The van der Waals surface area contributed by atoms with Gasteiger partial charge in [-0.2, -0.15) is 26.3 Å². The van der Waals surface area contributed by atoms with E-state index in [0.717, 1.165) is 19.1 Å². The van der Waals surface area contributed by atoms with E-state index in [0.29, 0.717) is 12.1 Å². The average Bonchev–Trinajstić information content (AvgIpc) is 2.37. The van der Waals surface area contributed by atoms with E-state index in [1.807, 2.05) is 0 Å². The van der Waals surface area contributed by atoms with Crippen LogP contribution in [-0.2, 0) is 15.7 Å². The van der Waals surface area contributed by atoms with Crippen LogP contribution < -0.4 is 0 Å². The number of ether oxygens (including phenoxy) is 1. The fourth-order valence-electron chi connectivity index (χ4n) is 1.93. The van der Waals surface area contributed by atoms with E-state index in [-0.39, 0.29) is 12.2 Å². The molecule has 124 valence electrons. The Labute approximate surface area is 123 Å². The zero-order chi connectivity index (χ0) is 17.1. The molecule has 1 rings (SSSR count). The predicted octanol–water partition coefficient (Wildman–Crippen LogP) is 4.55. The van der Waals surface area contributed by atoms with Crippen molar-refractivity contribution in [3.63, 3.8) is 0 Å². The summed E-state index contributed by atoms with van der Waals surface area (Å²) in [4.78, 5) is 11.8. The van der Waals surface area contributed by atoms with Crippen LogP contribution in [0.3, 0.4) is 0 Å². The lowest BCUT2D eigenvalue weighted by Gasteiger charge is -2.25.